The van der Waals surface area contributed by atoms with Gasteiger partial charge < -0.3 is 31.4 Å². The smallest absolute Gasteiger partial charge is 0.405 e. The number of anilines is 2. The van der Waals surface area contributed by atoms with Gasteiger partial charge in [-0.1, -0.05) is 12.1 Å². The SMILES string of the molecule is CC(C)(C)OC(N)=O.Cc1ccc(Oc2ccc3nc(N)cn3n2)cc1NC(=O)c1cccc(O)c1. The van der Waals surface area contributed by atoms with Gasteiger partial charge >= 0.3 is 6.09 Å². The van der Waals surface area contributed by atoms with E-state index in [4.69, 9.17) is 16.2 Å². The lowest BCUT2D eigenvalue weighted by Gasteiger charge is -2.16. The zero-order chi connectivity index (χ0) is 26.5. The third-order valence-corrected chi connectivity index (χ3v) is 4.51. The standard InChI is InChI=1S/C20H17N5O3.C5H11NO2/c1-12-5-6-15(28-19-8-7-18-23-17(21)11-25(18)24-19)10-16(12)22-20(27)13-3-2-4-14(26)9-13;1-5(2,3)8-4(6)7/h2-11,26H,21H2,1H3,(H,22,27);1-3H3,(H2,6,7). The molecule has 0 saturated heterocycles. The molecule has 0 aliphatic heterocycles. The normalized spacial score (nSPS) is 10.8. The van der Waals surface area contributed by atoms with Gasteiger partial charge in [0.05, 0.1) is 6.20 Å². The maximum atomic E-state index is 12.4. The summed E-state index contributed by atoms with van der Waals surface area (Å²) in [4.78, 5) is 26.6. The van der Waals surface area contributed by atoms with E-state index in [0.717, 1.165) is 5.56 Å². The number of hydrogen-bond acceptors (Lipinski definition) is 8. The van der Waals surface area contributed by atoms with Crippen LogP contribution >= 0.6 is 0 Å². The summed E-state index contributed by atoms with van der Waals surface area (Å²) in [5.74, 6) is 0.945. The van der Waals surface area contributed by atoms with Crippen molar-refractivity contribution in [1.82, 2.24) is 14.6 Å². The van der Waals surface area contributed by atoms with Crippen molar-refractivity contribution in [1.29, 1.82) is 0 Å². The number of nitrogens with zero attached hydrogens (tertiary/aromatic N) is 3. The van der Waals surface area contributed by atoms with Gasteiger partial charge in [0.2, 0.25) is 5.88 Å². The molecule has 0 atom stereocenters. The molecule has 0 bridgehead atoms. The molecule has 4 aromatic rings. The Bertz CT molecular complexity index is 1390. The molecule has 0 spiro atoms. The van der Waals surface area contributed by atoms with Gasteiger partial charge in [0.1, 0.15) is 22.9 Å². The van der Waals surface area contributed by atoms with Crippen molar-refractivity contribution in [2.24, 2.45) is 5.73 Å². The Balaban J connectivity index is 0.000000392. The van der Waals surface area contributed by atoms with Crippen LogP contribution < -0.4 is 21.5 Å². The molecule has 0 radical (unpaired) electrons. The molecular formula is C25H28N6O5. The fourth-order valence-electron chi connectivity index (χ4n) is 3.00. The number of nitrogens with two attached hydrogens (primary N) is 2. The van der Waals surface area contributed by atoms with E-state index >= 15 is 0 Å². The number of ether oxygens (including phenoxy) is 2. The predicted molar refractivity (Wildman–Crippen MR) is 135 cm³/mol. The molecule has 0 aliphatic rings. The number of nitrogen functional groups attached to an aromatic ring is 1. The van der Waals surface area contributed by atoms with Crippen LogP contribution in [0.4, 0.5) is 16.3 Å². The number of imidazole rings is 1. The summed E-state index contributed by atoms with van der Waals surface area (Å²) in [6.45, 7) is 7.16. The van der Waals surface area contributed by atoms with E-state index < -0.39 is 11.7 Å². The summed E-state index contributed by atoms with van der Waals surface area (Å²) in [5.41, 5.74) is 12.4. The molecule has 188 valence electrons. The highest BCUT2D eigenvalue weighted by atomic mass is 16.6. The number of amides is 2. The summed E-state index contributed by atoms with van der Waals surface area (Å²) in [7, 11) is 0. The molecular weight excluding hydrogens is 464 g/mol. The average Bonchev–Trinajstić information content (AvgIpc) is 3.14. The zero-order valence-electron chi connectivity index (χ0n) is 20.4. The first kappa shape index (κ1) is 25.8. The Labute approximate surface area is 207 Å². The Hall–Kier alpha value is -4.80. The fourth-order valence-corrected chi connectivity index (χ4v) is 3.00. The molecule has 11 heteroatoms. The topological polar surface area (TPSA) is 167 Å². The van der Waals surface area contributed by atoms with Crippen molar-refractivity contribution in [2.75, 3.05) is 11.1 Å². The number of phenols is 1. The molecule has 36 heavy (non-hydrogen) atoms. The van der Waals surface area contributed by atoms with E-state index in [-0.39, 0.29) is 11.7 Å². The van der Waals surface area contributed by atoms with E-state index in [1.54, 1.807) is 63.4 Å². The van der Waals surface area contributed by atoms with Crippen molar-refractivity contribution >= 4 is 29.2 Å². The van der Waals surface area contributed by atoms with Crippen molar-refractivity contribution < 1.29 is 24.2 Å². The second-order valence-electron chi connectivity index (χ2n) is 8.76. The number of phenolic OH excluding ortho intramolecular Hbond substituents is 1. The first-order chi connectivity index (χ1) is 16.9. The van der Waals surface area contributed by atoms with Crippen molar-refractivity contribution in [3.8, 4) is 17.4 Å². The molecule has 0 unspecified atom stereocenters. The molecule has 2 aromatic heterocycles. The largest absolute Gasteiger partial charge is 0.508 e. The first-order valence-electron chi connectivity index (χ1n) is 10.9. The second kappa shape index (κ2) is 10.6. The highest BCUT2D eigenvalue weighted by Gasteiger charge is 2.13. The Morgan fingerprint density at radius 2 is 1.83 bits per heavy atom. The van der Waals surface area contributed by atoms with Gasteiger partial charge in [-0.05, 0) is 63.6 Å². The minimum Gasteiger partial charge on any atom is -0.508 e. The Morgan fingerprint density at radius 3 is 2.47 bits per heavy atom. The number of hydrogen-bond donors (Lipinski definition) is 4. The lowest BCUT2D eigenvalue weighted by atomic mass is 10.1. The number of primary amides is 1. The van der Waals surface area contributed by atoms with E-state index in [1.807, 2.05) is 13.0 Å². The second-order valence-corrected chi connectivity index (χ2v) is 8.76. The maximum absolute atomic E-state index is 12.4. The van der Waals surface area contributed by atoms with E-state index in [2.05, 4.69) is 20.1 Å². The fraction of sp³-hybridized carbons (Fsp3) is 0.200. The summed E-state index contributed by atoms with van der Waals surface area (Å²) < 4.78 is 11.9. The van der Waals surface area contributed by atoms with Crippen LogP contribution in [0.5, 0.6) is 17.4 Å². The van der Waals surface area contributed by atoms with E-state index in [9.17, 15) is 14.7 Å². The van der Waals surface area contributed by atoms with E-state index in [0.29, 0.717) is 34.3 Å². The molecule has 2 heterocycles. The third kappa shape index (κ3) is 7.35. The Kier molecular flexibility index (Phi) is 7.63. The number of nitrogens with one attached hydrogen (secondary N) is 1. The number of rotatable bonds is 4. The minimum absolute atomic E-state index is 0.0306. The molecule has 0 aliphatic carbocycles. The molecule has 6 N–H and O–H groups in total. The van der Waals surface area contributed by atoms with Gasteiger partial charge in [0.25, 0.3) is 5.91 Å². The number of fused-ring (bicyclic) bond motifs is 1. The van der Waals surface area contributed by atoms with Crippen LogP contribution in [-0.4, -0.2) is 37.3 Å². The number of benzene rings is 2. The number of carbonyl (C=O) groups excluding carboxylic acids is 2. The average molecular weight is 493 g/mol. The van der Waals surface area contributed by atoms with Crippen LogP contribution in [0.3, 0.4) is 0 Å². The Morgan fingerprint density at radius 1 is 1.08 bits per heavy atom. The van der Waals surface area contributed by atoms with Gasteiger partial charge in [-0.3, -0.25) is 4.79 Å². The summed E-state index contributed by atoms with van der Waals surface area (Å²) in [6.07, 6.45) is 0.871. The van der Waals surface area contributed by atoms with Gasteiger partial charge in [0.15, 0.2) is 5.65 Å². The minimum atomic E-state index is -0.725. The number of carbonyl (C=O) groups is 2. The quantitative estimate of drug-likeness (QED) is 0.328. The molecule has 0 saturated carbocycles. The van der Waals surface area contributed by atoms with Crippen LogP contribution in [0.25, 0.3) is 5.65 Å². The zero-order valence-corrected chi connectivity index (χ0v) is 20.4. The third-order valence-electron chi connectivity index (χ3n) is 4.51. The van der Waals surface area contributed by atoms with Crippen LogP contribution in [0.1, 0.15) is 36.7 Å². The first-order valence-corrected chi connectivity index (χ1v) is 10.9. The lowest BCUT2D eigenvalue weighted by Crippen LogP contribution is -2.27. The molecule has 2 amide bonds. The van der Waals surface area contributed by atoms with Crippen molar-refractivity contribution in [3.63, 3.8) is 0 Å². The molecule has 11 nitrogen and oxygen atoms in total. The maximum Gasteiger partial charge on any atom is 0.405 e. The molecule has 4 rings (SSSR count). The lowest BCUT2D eigenvalue weighted by molar-refractivity contribution is 0.0600. The number of aryl methyl sites for hydroxylation is 1. The number of aromatic nitrogens is 3. The highest BCUT2D eigenvalue weighted by molar-refractivity contribution is 6.05. The molecule has 2 aromatic carbocycles. The van der Waals surface area contributed by atoms with Crippen LogP contribution in [0.2, 0.25) is 0 Å². The van der Waals surface area contributed by atoms with Gasteiger partial charge in [-0.2, -0.15) is 0 Å². The number of aromatic hydroxyl groups is 1. The van der Waals surface area contributed by atoms with Crippen LogP contribution in [0.15, 0.2) is 60.8 Å². The van der Waals surface area contributed by atoms with Gasteiger partial charge in [-0.15, -0.1) is 5.10 Å². The highest BCUT2D eigenvalue weighted by Crippen LogP contribution is 2.26. The molecule has 0 fully saturated rings. The van der Waals surface area contributed by atoms with Crippen molar-refractivity contribution in [2.45, 2.75) is 33.3 Å². The van der Waals surface area contributed by atoms with Gasteiger partial charge in [-0.25, -0.2) is 14.3 Å². The predicted octanol–water partition coefficient (Wildman–Crippen LogP) is 4.25. The summed E-state index contributed by atoms with van der Waals surface area (Å²) in [6, 6.07) is 14.9. The van der Waals surface area contributed by atoms with Crippen molar-refractivity contribution in [3.05, 3.63) is 71.9 Å². The van der Waals surface area contributed by atoms with Gasteiger partial charge in [0, 0.05) is 23.4 Å². The van der Waals surface area contributed by atoms with Crippen LogP contribution in [0, 0.1) is 6.92 Å². The van der Waals surface area contributed by atoms with E-state index in [1.165, 1.54) is 16.6 Å². The van der Waals surface area contributed by atoms with Crippen LogP contribution in [-0.2, 0) is 4.74 Å². The monoisotopic (exact) mass is 492 g/mol. The summed E-state index contributed by atoms with van der Waals surface area (Å²) >= 11 is 0. The summed E-state index contributed by atoms with van der Waals surface area (Å²) in [5, 5.41) is 16.7.